The van der Waals surface area contributed by atoms with Crippen LogP contribution >= 0.6 is 7.82 Å². The van der Waals surface area contributed by atoms with Crippen molar-refractivity contribution in [3.63, 3.8) is 0 Å². The standard InChI is InChI=1S/C40H70NO8P/c1-4-6-8-10-12-14-16-17-18-19-20-21-23-24-26-28-30-32-39(42)46-36-38(37-48-50(44,45)47-35-34-41-3)49-40(43)33-31-29-27-25-22-15-13-11-9-7-5-2/h6,8,12,14,17-18,20-21,24,26,38,41H,4-5,7,9-11,13,15-16,19,22-23,25,27-37H2,1-3H3,(H,44,45)/b8-6-,14-12-,18-17-,21-20-,26-24-. The van der Waals surface area contributed by atoms with Gasteiger partial charge in [-0.3, -0.25) is 18.6 Å². The maximum atomic E-state index is 12.5. The van der Waals surface area contributed by atoms with Gasteiger partial charge in [0.05, 0.1) is 13.2 Å². The predicted octanol–water partition coefficient (Wildman–Crippen LogP) is 10.4. The minimum absolute atomic E-state index is 0.0273. The van der Waals surface area contributed by atoms with Crippen molar-refractivity contribution in [2.24, 2.45) is 0 Å². The van der Waals surface area contributed by atoms with Gasteiger partial charge in [-0.2, -0.15) is 0 Å². The summed E-state index contributed by atoms with van der Waals surface area (Å²) in [6.07, 6.45) is 39.9. The lowest BCUT2D eigenvalue weighted by Gasteiger charge is -2.20. The first-order valence-electron chi connectivity index (χ1n) is 19.2. The fraction of sp³-hybridized carbons (Fsp3) is 0.700. The number of carbonyl (C=O) groups excluding carboxylic acids is 2. The Kier molecular flexibility index (Phi) is 34.8. The third kappa shape index (κ3) is 35.5. The van der Waals surface area contributed by atoms with Gasteiger partial charge in [0.2, 0.25) is 0 Å². The molecule has 0 saturated heterocycles. The van der Waals surface area contributed by atoms with Crippen molar-refractivity contribution >= 4 is 19.8 Å². The summed E-state index contributed by atoms with van der Waals surface area (Å²) >= 11 is 0. The molecule has 0 heterocycles. The number of rotatable bonds is 35. The Morgan fingerprint density at radius 3 is 1.68 bits per heavy atom. The molecule has 0 aromatic carbocycles. The number of allylic oxidation sites excluding steroid dienone is 10. The molecule has 9 nitrogen and oxygen atoms in total. The van der Waals surface area contributed by atoms with Crippen molar-refractivity contribution < 1.29 is 37.6 Å². The summed E-state index contributed by atoms with van der Waals surface area (Å²) in [5, 5.41) is 2.81. The van der Waals surface area contributed by atoms with E-state index >= 15 is 0 Å². The van der Waals surface area contributed by atoms with Crippen LogP contribution in [0.3, 0.4) is 0 Å². The van der Waals surface area contributed by atoms with Crippen LogP contribution in [0, 0.1) is 0 Å². The van der Waals surface area contributed by atoms with Gasteiger partial charge in [0.15, 0.2) is 6.10 Å². The lowest BCUT2D eigenvalue weighted by atomic mass is 10.1. The molecule has 0 fully saturated rings. The maximum absolute atomic E-state index is 12.5. The number of esters is 2. The first-order chi connectivity index (χ1) is 24.3. The van der Waals surface area contributed by atoms with E-state index in [9.17, 15) is 19.0 Å². The number of hydrogen-bond donors (Lipinski definition) is 2. The number of likely N-dealkylation sites (N-methyl/N-ethyl adjacent to an activating group) is 1. The summed E-state index contributed by atoms with van der Waals surface area (Å²) < 4.78 is 33.0. The van der Waals surface area contributed by atoms with Crippen LogP contribution < -0.4 is 5.32 Å². The second-order valence-electron chi connectivity index (χ2n) is 12.4. The third-order valence-corrected chi connectivity index (χ3v) is 8.64. The van der Waals surface area contributed by atoms with Gasteiger partial charge in [0.1, 0.15) is 6.61 Å². The molecule has 0 aromatic heterocycles. The number of unbranched alkanes of at least 4 members (excludes halogenated alkanes) is 11. The monoisotopic (exact) mass is 723 g/mol. The normalized spacial score (nSPS) is 14.1. The molecule has 2 atom stereocenters. The highest BCUT2D eigenvalue weighted by molar-refractivity contribution is 7.47. The van der Waals surface area contributed by atoms with Crippen molar-refractivity contribution in [3.05, 3.63) is 60.8 Å². The van der Waals surface area contributed by atoms with E-state index in [1.165, 1.54) is 44.9 Å². The van der Waals surface area contributed by atoms with Gasteiger partial charge in [-0.15, -0.1) is 0 Å². The highest BCUT2D eigenvalue weighted by atomic mass is 31.2. The number of hydrogen-bond acceptors (Lipinski definition) is 8. The van der Waals surface area contributed by atoms with E-state index in [4.69, 9.17) is 18.5 Å². The van der Waals surface area contributed by atoms with E-state index in [1.807, 2.05) is 6.08 Å². The Labute approximate surface area is 304 Å². The zero-order valence-corrected chi connectivity index (χ0v) is 32.5. The Morgan fingerprint density at radius 1 is 0.640 bits per heavy atom. The molecule has 50 heavy (non-hydrogen) atoms. The molecule has 0 aromatic rings. The zero-order chi connectivity index (χ0) is 36.8. The van der Waals surface area contributed by atoms with Gasteiger partial charge in [-0.1, -0.05) is 139 Å². The van der Waals surface area contributed by atoms with E-state index in [-0.39, 0.29) is 26.1 Å². The van der Waals surface area contributed by atoms with Crippen LogP contribution in [-0.4, -0.2) is 56.3 Å². The first kappa shape index (κ1) is 47.7. The largest absolute Gasteiger partial charge is 0.472 e. The van der Waals surface area contributed by atoms with Crippen LogP contribution in [0.25, 0.3) is 0 Å². The second-order valence-corrected chi connectivity index (χ2v) is 13.8. The van der Waals surface area contributed by atoms with Gasteiger partial charge in [0, 0.05) is 19.4 Å². The summed E-state index contributed by atoms with van der Waals surface area (Å²) in [6, 6.07) is 0. The van der Waals surface area contributed by atoms with Crippen LogP contribution in [0.5, 0.6) is 0 Å². The topological polar surface area (TPSA) is 120 Å². The van der Waals surface area contributed by atoms with Gasteiger partial charge in [0.25, 0.3) is 0 Å². The number of carbonyl (C=O) groups is 2. The third-order valence-electron chi connectivity index (χ3n) is 7.65. The van der Waals surface area contributed by atoms with Crippen LogP contribution in [0.4, 0.5) is 0 Å². The Bertz CT molecular complexity index is 1010. The molecule has 2 N–H and O–H groups in total. The summed E-state index contributed by atoms with van der Waals surface area (Å²) in [6.45, 7) is 4.01. The Hall–Kier alpha value is -2.29. The Morgan fingerprint density at radius 2 is 1.14 bits per heavy atom. The summed E-state index contributed by atoms with van der Waals surface area (Å²) in [5.74, 6) is -0.881. The van der Waals surface area contributed by atoms with E-state index in [0.717, 1.165) is 57.8 Å². The minimum atomic E-state index is -4.35. The second kappa shape index (κ2) is 36.5. The molecule has 2 unspecified atom stereocenters. The quantitative estimate of drug-likeness (QED) is 0.0285. The molecule has 288 valence electrons. The SMILES string of the molecule is CC/C=C\C/C=C\C/C=C\C/C=C\C/C=C\CCCC(=O)OCC(COP(=O)(O)OCCNC)OC(=O)CCCCCCCCCCCCC. The molecular formula is C40H70NO8P. The number of phosphoric acid groups is 1. The zero-order valence-electron chi connectivity index (χ0n) is 31.6. The lowest BCUT2D eigenvalue weighted by molar-refractivity contribution is -0.161. The number of phosphoric ester groups is 1. The molecule has 0 aliphatic rings. The van der Waals surface area contributed by atoms with Crippen molar-refractivity contribution in [2.75, 3.05) is 33.4 Å². The fourth-order valence-corrected chi connectivity index (χ4v) is 5.51. The van der Waals surface area contributed by atoms with Gasteiger partial charge in [-0.25, -0.2) is 4.57 Å². The smallest absolute Gasteiger partial charge is 0.462 e. The van der Waals surface area contributed by atoms with Crippen molar-refractivity contribution in [2.45, 2.75) is 148 Å². The van der Waals surface area contributed by atoms with Crippen LogP contribution in [0.1, 0.15) is 142 Å². The average Bonchev–Trinajstić information content (AvgIpc) is 3.09. The highest BCUT2D eigenvalue weighted by Crippen LogP contribution is 2.43. The van der Waals surface area contributed by atoms with Crippen LogP contribution in [0.15, 0.2) is 60.8 Å². The number of ether oxygens (including phenoxy) is 2. The molecule has 0 spiro atoms. The van der Waals surface area contributed by atoms with Crippen molar-refractivity contribution in [3.8, 4) is 0 Å². The fourth-order valence-electron chi connectivity index (χ4n) is 4.76. The van der Waals surface area contributed by atoms with E-state index in [0.29, 0.717) is 19.4 Å². The summed E-state index contributed by atoms with van der Waals surface area (Å²) in [4.78, 5) is 34.8. The van der Waals surface area contributed by atoms with Crippen LogP contribution in [-0.2, 0) is 32.7 Å². The molecule has 0 aliphatic carbocycles. The molecule has 0 rings (SSSR count). The van der Waals surface area contributed by atoms with E-state index in [2.05, 4.69) is 73.8 Å². The lowest BCUT2D eigenvalue weighted by Crippen LogP contribution is -2.29. The Balaban J connectivity index is 4.39. The first-order valence-corrected chi connectivity index (χ1v) is 20.7. The molecular weight excluding hydrogens is 653 g/mol. The average molecular weight is 724 g/mol. The van der Waals surface area contributed by atoms with Gasteiger partial charge in [-0.05, 0) is 58.4 Å². The molecule has 0 bridgehead atoms. The molecule has 0 saturated carbocycles. The highest BCUT2D eigenvalue weighted by Gasteiger charge is 2.26. The minimum Gasteiger partial charge on any atom is -0.462 e. The van der Waals surface area contributed by atoms with Gasteiger partial charge >= 0.3 is 19.8 Å². The molecule has 0 radical (unpaired) electrons. The summed E-state index contributed by atoms with van der Waals surface area (Å²) in [7, 11) is -2.67. The maximum Gasteiger partial charge on any atom is 0.472 e. The van der Waals surface area contributed by atoms with Crippen LogP contribution in [0.2, 0.25) is 0 Å². The molecule has 10 heteroatoms. The number of nitrogens with one attached hydrogen (secondary N) is 1. The van der Waals surface area contributed by atoms with Crippen molar-refractivity contribution in [1.82, 2.24) is 5.32 Å². The predicted molar refractivity (Wildman–Crippen MR) is 206 cm³/mol. The van der Waals surface area contributed by atoms with E-state index in [1.54, 1.807) is 7.05 Å². The van der Waals surface area contributed by atoms with Crippen molar-refractivity contribution in [1.29, 1.82) is 0 Å². The molecule has 0 amide bonds. The van der Waals surface area contributed by atoms with Gasteiger partial charge < -0.3 is 19.7 Å². The summed E-state index contributed by atoms with van der Waals surface area (Å²) in [5.41, 5.74) is 0. The molecule has 0 aliphatic heterocycles. The van der Waals surface area contributed by atoms with E-state index < -0.39 is 32.5 Å².